The molecule has 1 aromatic carbocycles. The smallest absolute Gasteiger partial charge is 0.174 e. The van der Waals surface area contributed by atoms with Crippen molar-refractivity contribution in [3.05, 3.63) is 54.2 Å². The third-order valence-corrected chi connectivity index (χ3v) is 4.47. The fourth-order valence-electron chi connectivity index (χ4n) is 2.70. The first kappa shape index (κ1) is 16.4. The maximum absolute atomic E-state index is 11.4. The second kappa shape index (κ2) is 7.40. The van der Waals surface area contributed by atoms with Gasteiger partial charge in [-0.2, -0.15) is 0 Å². The van der Waals surface area contributed by atoms with E-state index in [0.29, 0.717) is 5.11 Å². The second-order valence-electron chi connectivity index (χ2n) is 5.72. The normalized spacial score (nSPS) is 14.4. The van der Waals surface area contributed by atoms with Crippen LogP contribution in [0.5, 0.6) is 0 Å². The van der Waals surface area contributed by atoms with Gasteiger partial charge in [-0.15, -0.1) is 0 Å². The van der Waals surface area contributed by atoms with Gasteiger partial charge >= 0.3 is 0 Å². The molecule has 1 aromatic heterocycles. The van der Waals surface area contributed by atoms with E-state index in [1.807, 2.05) is 42.5 Å². The van der Waals surface area contributed by atoms with Crippen LogP contribution in [0.2, 0.25) is 0 Å². The first-order chi connectivity index (χ1) is 11.6. The summed E-state index contributed by atoms with van der Waals surface area (Å²) in [4.78, 5) is 20.1. The van der Waals surface area contributed by atoms with E-state index in [0.717, 1.165) is 43.2 Å². The van der Waals surface area contributed by atoms with E-state index < -0.39 is 0 Å². The van der Waals surface area contributed by atoms with Gasteiger partial charge in [0.2, 0.25) is 0 Å². The minimum absolute atomic E-state index is 0.0947. The molecule has 5 nitrogen and oxygen atoms in total. The standard InChI is InChI=1S/C18H20N4OS/c1-14(23)15-5-7-16(8-6-15)21-10-12-22(13-11-21)18(24)20-17-4-2-3-9-19-17/h2-9H,10-13H2,1H3,(H,19,20,24). The lowest BCUT2D eigenvalue weighted by Gasteiger charge is -2.37. The quantitative estimate of drug-likeness (QED) is 0.685. The summed E-state index contributed by atoms with van der Waals surface area (Å²) in [6.07, 6.45) is 1.74. The Labute approximate surface area is 147 Å². The predicted octanol–water partition coefficient (Wildman–Crippen LogP) is 2.80. The van der Waals surface area contributed by atoms with Crippen LogP contribution in [-0.4, -0.2) is 47.0 Å². The highest BCUT2D eigenvalue weighted by atomic mass is 32.1. The third kappa shape index (κ3) is 3.89. The molecule has 1 saturated heterocycles. The van der Waals surface area contributed by atoms with E-state index >= 15 is 0 Å². The van der Waals surface area contributed by atoms with E-state index in [-0.39, 0.29) is 5.78 Å². The van der Waals surface area contributed by atoms with Crippen molar-refractivity contribution >= 4 is 34.6 Å². The van der Waals surface area contributed by atoms with Crippen molar-refractivity contribution in [1.82, 2.24) is 9.88 Å². The van der Waals surface area contributed by atoms with Crippen LogP contribution in [0.25, 0.3) is 0 Å². The molecule has 6 heteroatoms. The summed E-state index contributed by atoms with van der Waals surface area (Å²) in [6.45, 7) is 5.08. The summed E-state index contributed by atoms with van der Waals surface area (Å²) in [6, 6.07) is 13.5. The number of Topliss-reactive ketones (excluding diaryl/α,β-unsaturated/α-hetero) is 1. The van der Waals surface area contributed by atoms with Crippen molar-refractivity contribution in [2.75, 3.05) is 36.4 Å². The zero-order valence-corrected chi connectivity index (χ0v) is 14.4. The molecule has 0 amide bonds. The largest absolute Gasteiger partial charge is 0.368 e. The molecule has 24 heavy (non-hydrogen) atoms. The van der Waals surface area contributed by atoms with E-state index in [9.17, 15) is 4.79 Å². The number of benzene rings is 1. The lowest BCUT2D eigenvalue weighted by atomic mass is 10.1. The fraction of sp³-hybridized carbons (Fsp3) is 0.278. The highest BCUT2D eigenvalue weighted by molar-refractivity contribution is 7.80. The van der Waals surface area contributed by atoms with Crippen LogP contribution < -0.4 is 10.2 Å². The van der Waals surface area contributed by atoms with Gasteiger partial charge in [-0.1, -0.05) is 6.07 Å². The van der Waals surface area contributed by atoms with E-state index in [4.69, 9.17) is 12.2 Å². The molecule has 0 unspecified atom stereocenters. The molecule has 2 heterocycles. The minimum atomic E-state index is 0.0947. The zero-order valence-electron chi connectivity index (χ0n) is 13.6. The average molecular weight is 340 g/mol. The van der Waals surface area contributed by atoms with Gasteiger partial charge in [0.1, 0.15) is 5.82 Å². The zero-order chi connectivity index (χ0) is 16.9. The Morgan fingerprint density at radius 2 is 1.79 bits per heavy atom. The molecule has 1 aliphatic rings. The van der Waals surface area contributed by atoms with E-state index in [2.05, 4.69) is 20.1 Å². The summed E-state index contributed by atoms with van der Waals surface area (Å²) >= 11 is 5.48. The number of rotatable bonds is 3. The number of thiocarbonyl (C=S) groups is 1. The molecule has 0 spiro atoms. The van der Waals surface area contributed by atoms with Gasteiger partial charge in [0.05, 0.1) is 0 Å². The third-order valence-electron chi connectivity index (χ3n) is 4.11. The monoisotopic (exact) mass is 340 g/mol. The van der Waals surface area contributed by atoms with Gasteiger partial charge in [-0.25, -0.2) is 4.98 Å². The van der Waals surface area contributed by atoms with Crippen molar-refractivity contribution in [2.45, 2.75) is 6.92 Å². The Morgan fingerprint density at radius 1 is 1.08 bits per heavy atom. The SMILES string of the molecule is CC(=O)c1ccc(N2CCN(C(=S)Nc3ccccn3)CC2)cc1. The Kier molecular flexibility index (Phi) is 5.05. The van der Waals surface area contributed by atoms with Crippen molar-refractivity contribution in [3.8, 4) is 0 Å². The van der Waals surface area contributed by atoms with Crippen LogP contribution in [0.3, 0.4) is 0 Å². The molecular formula is C18H20N4OS. The molecule has 1 fully saturated rings. The fourth-order valence-corrected chi connectivity index (χ4v) is 2.99. The highest BCUT2D eigenvalue weighted by Crippen LogP contribution is 2.18. The lowest BCUT2D eigenvalue weighted by molar-refractivity contribution is 0.101. The number of anilines is 2. The Balaban J connectivity index is 1.55. The molecular weight excluding hydrogens is 320 g/mol. The molecule has 124 valence electrons. The van der Waals surface area contributed by atoms with Crippen LogP contribution in [0, 0.1) is 0 Å². The number of carbonyl (C=O) groups excluding carboxylic acids is 1. The Hall–Kier alpha value is -2.47. The van der Waals surface area contributed by atoms with Gasteiger partial charge in [0.25, 0.3) is 0 Å². The van der Waals surface area contributed by atoms with Crippen LogP contribution >= 0.6 is 12.2 Å². The lowest BCUT2D eigenvalue weighted by Crippen LogP contribution is -2.50. The van der Waals surface area contributed by atoms with Gasteiger partial charge in [0.15, 0.2) is 10.9 Å². The van der Waals surface area contributed by atoms with Crippen molar-refractivity contribution in [3.63, 3.8) is 0 Å². The van der Waals surface area contributed by atoms with E-state index in [1.165, 1.54) is 0 Å². The Morgan fingerprint density at radius 3 is 2.38 bits per heavy atom. The molecule has 0 bridgehead atoms. The molecule has 1 aliphatic heterocycles. The first-order valence-electron chi connectivity index (χ1n) is 7.96. The summed E-state index contributed by atoms with van der Waals surface area (Å²) in [5.74, 6) is 0.863. The first-order valence-corrected chi connectivity index (χ1v) is 8.37. The van der Waals surface area contributed by atoms with Crippen LogP contribution in [0.4, 0.5) is 11.5 Å². The number of ketones is 1. The number of aromatic nitrogens is 1. The van der Waals surface area contributed by atoms with Crippen LogP contribution in [0.15, 0.2) is 48.7 Å². The summed E-state index contributed by atoms with van der Waals surface area (Å²) < 4.78 is 0. The van der Waals surface area contributed by atoms with Gasteiger partial charge < -0.3 is 15.1 Å². The van der Waals surface area contributed by atoms with Crippen LogP contribution in [0.1, 0.15) is 17.3 Å². The van der Waals surface area contributed by atoms with E-state index in [1.54, 1.807) is 13.1 Å². The van der Waals surface area contributed by atoms with Crippen LogP contribution in [-0.2, 0) is 0 Å². The average Bonchev–Trinajstić information content (AvgIpc) is 2.63. The number of hydrogen-bond acceptors (Lipinski definition) is 4. The maximum Gasteiger partial charge on any atom is 0.174 e. The number of nitrogens with one attached hydrogen (secondary N) is 1. The van der Waals surface area contributed by atoms with Crippen molar-refractivity contribution in [2.24, 2.45) is 0 Å². The molecule has 3 rings (SSSR count). The molecule has 0 aliphatic carbocycles. The molecule has 2 aromatic rings. The number of hydrogen-bond donors (Lipinski definition) is 1. The highest BCUT2D eigenvalue weighted by Gasteiger charge is 2.19. The van der Waals surface area contributed by atoms with Crippen molar-refractivity contribution < 1.29 is 4.79 Å². The second-order valence-corrected chi connectivity index (χ2v) is 6.11. The van der Waals surface area contributed by atoms with Gasteiger partial charge in [-0.05, 0) is 55.5 Å². The van der Waals surface area contributed by atoms with Gasteiger partial charge in [-0.3, -0.25) is 4.79 Å². The molecule has 1 N–H and O–H groups in total. The minimum Gasteiger partial charge on any atom is -0.368 e. The number of nitrogens with zero attached hydrogens (tertiary/aromatic N) is 3. The van der Waals surface area contributed by atoms with Gasteiger partial charge in [0, 0.05) is 43.6 Å². The number of carbonyl (C=O) groups is 1. The number of pyridine rings is 1. The molecule has 0 atom stereocenters. The topological polar surface area (TPSA) is 48.5 Å². The molecule has 0 radical (unpaired) electrons. The Bertz CT molecular complexity index is 710. The maximum atomic E-state index is 11.4. The summed E-state index contributed by atoms with van der Waals surface area (Å²) in [7, 11) is 0. The summed E-state index contributed by atoms with van der Waals surface area (Å²) in [5, 5.41) is 3.88. The molecule has 0 saturated carbocycles. The summed E-state index contributed by atoms with van der Waals surface area (Å²) in [5.41, 5.74) is 1.89. The number of piperazine rings is 1. The predicted molar refractivity (Wildman–Crippen MR) is 101 cm³/mol. The van der Waals surface area contributed by atoms with Crippen molar-refractivity contribution in [1.29, 1.82) is 0 Å².